The lowest BCUT2D eigenvalue weighted by atomic mass is 10.1. The van der Waals surface area contributed by atoms with Crippen LogP contribution in [0.15, 0.2) is 77.7 Å². The zero-order valence-electron chi connectivity index (χ0n) is 17.7. The second-order valence-corrected chi connectivity index (χ2v) is 9.20. The lowest BCUT2D eigenvalue weighted by molar-refractivity contribution is 0.102. The molecule has 1 heterocycles. The van der Waals surface area contributed by atoms with E-state index in [9.17, 15) is 17.6 Å². The second kappa shape index (κ2) is 8.87. The van der Waals surface area contributed by atoms with Crippen molar-refractivity contribution < 1.29 is 27.1 Å². The van der Waals surface area contributed by atoms with Crippen LogP contribution < -0.4 is 14.8 Å². The number of nitrogens with one attached hydrogen (secondary N) is 1. The largest absolute Gasteiger partial charge is 0.493 e. The molecule has 0 saturated carbocycles. The maximum atomic E-state index is 13.6. The molecule has 1 aromatic heterocycles. The zero-order valence-corrected chi connectivity index (χ0v) is 18.5. The molecule has 1 amide bonds. The van der Waals surface area contributed by atoms with Crippen LogP contribution >= 0.6 is 0 Å². The number of methoxy groups -OCH3 is 1. The number of hydrogen-bond donors (Lipinski definition) is 1. The topological polar surface area (TPSA) is 94.6 Å². The Balaban J connectivity index is 1.76. The SMILES string of the molecule is COc1cc(F)ccc1Oc1nc2ccccc2cc1C(=O)Nc1cccc(S(C)(=O)=O)c1. The van der Waals surface area contributed by atoms with E-state index in [0.29, 0.717) is 16.6 Å². The number of anilines is 1. The molecule has 0 bridgehead atoms. The Morgan fingerprint density at radius 1 is 0.970 bits per heavy atom. The van der Waals surface area contributed by atoms with Gasteiger partial charge in [-0.25, -0.2) is 17.8 Å². The molecule has 0 atom stereocenters. The highest BCUT2D eigenvalue weighted by Gasteiger charge is 2.19. The third kappa shape index (κ3) is 4.93. The summed E-state index contributed by atoms with van der Waals surface area (Å²) >= 11 is 0. The van der Waals surface area contributed by atoms with Crippen molar-refractivity contribution in [1.82, 2.24) is 4.98 Å². The van der Waals surface area contributed by atoms with Crippen molar-refractivity contribution in [2.45, 2.75) is 4.90 Å². The van der Waals surface area contributed by atoms with Crippen molar-refractivity contribution >= 4 is 32.3 Å². The molecule has 0 aliphatic heterocycles. The van der Waals surface area contributed by atoms with Gasteiger partial charge in [-0.1, -0.05) is 24.3 Å². The van der Waals surface area contributed by atoms with Gasteiger partial charge >= 0.3 is 0 Å². The fourth-order valence-electron chi connectivity index (χ4n) is 3.17. The number of aromatic nitrogens is 1. The van der Waals surface area contributed by atoms with Gasteiger partial charge in [0.15, 0.2) is 21.3 Å². The summed E-state index contributed by atoms with van der Waals surface area (Å²) in [6.45, 7) is 0. The highest BCUT2D eigenvalue weighted by Crippen LogP contribution is 2.34. The molecular weight excluding hydrogens is 447 g/mol. The first-order chi connectivity index (χ1) is 15.7. The van der Waals surface area contributed by atoms with Gasteiger partial charge in [-0.15, -0.1) is 0 Å². The first-order valence-corrected chi connectivity index (χ1v) is 11.7. The molecule has 7 nitrogen and oxygen atoms in total. The summed E-state index contributed by atoms with van der Waals surface area (Å²) < 4.78 is 48.3. The lowest BCUT2D eigenvalue weighted by Gasteiger charge is -2.14. The Morgan fingerprint density at radius 3 is 2.52 bits per heavy atom. The number of para-hydroxylation sites is 1. The minimum absolute atomic E-state index is 0.0182. The van der Waals surface area contributed by atoms with E-state index in [-0.39, 0.29) is 27.8 Å². The van der Waals surface area contributed by atoms with Crippen LogP contribution in [0, 0.1) is 5.82 Å². The number of halogens is 1. The summed E-state index contributed by atoms with van der Waals surface area (Å²) in [5.41, 5.74) is 0.982. The molecule has 4 aromatic rings. The molecule has 9 heteroatoms. The minimum Gasteiger partial charge on any atom is -0.493 e. The van der Waals surface area contributed by atoms with E-state index in [4.69, 9.17) is 9.47 Å². The van der Waals surface area contributed by atoms with Crippen LogP contribution in [0.5, 0.6) is 17.4 Å². The Kier molecular flexibility index (Phi) is 5.97. The van der Waals surface area contributed by atoms with Gasteiger partial charge in [0.25, 0.3) is 5.91 Å². The monoisotopic (exact) mass is 466 g/mol. The molecule has 0 fully saturated rings. The third-order valence-corrected chi connectivity index (χ3v) is 5.90. The van der Waals surface area contributed by atoms with Crippen LogP contribution in [0.3, 0.4) is 0 Å². The number of nitrogens with zero attached hydrogens (tertiary/aromatic N) is 1. The molecule has 0 aliphatic carbocycles. The molecule has 0 radical (unpaired) electrons. The van der Waals surface area contributed by atoms with Gasteiger partial charge < -0.3 is 14.8 Å². The third-order valence-electron chi connectivity index (χ3n) is 4.79. The quantitative estimate of drug-likeness (QED) is 0.437. The van der Waals surface area contributed by atoms with Crippen molar-refractivity contribution in [2.75, 3.05) is 18.7 Å². The number of carbonyl (C=O) groups is 1. The van der Waals surface area contributed by atoms with Gasteiger partial charge in [-0.05, 0) is 42.5 Å². The molecule has 168 valence electrons. The van der Waals surface area contributed by atoms with Crippen molar-refractivity contribution in [1.29, 1.82) is 0 Å². The van der Waals surface area contributed by atoms with Crippen LogP contribution in [0.1, 0.15) is 10.4 Å². The summed E-state index contributed by atoms with van der Waals surface area (Å²) in [7, 11) is -2.07. The van der Waals surface area contributed by atoms with E-state index in [1.807, 2.05) is 6.07 Å². The Labute approximate surface area is 189 Å². The average molecular weight is 466 g/mol. The summed E-state index contributed by atoms with van der Waals surface area (Å²) in [6, 6.07) is 18.4. The fraction of sp³-hybridized carbons (Fsp3) is 0.0833. The number of sulfone groups is 1. The molecule has 33 heavy (non-hydrogen) atoms. The molecular formula is C24H19FN2O5S. The number of ether oxygens (including phenoxy) is 2. The predicted octanol–water partition coefficient (Wildman–Crippen LogP) is 4.83. The highest BCUT2D eigenvalue weighted by atomic mass is 32.2. The molecule has 0 saturated heterocycles. The lowest BCUT2D eigenvalue weighted by Crippen LogP contribution is -2.14. The number of rotatable bonds is 6. The molecule has 3 aromatic carbocycles. The Hall–Kier alpha value is -3.98. The normalized spacial score (nSPS) is 11.2. The van der Waals surface area contributed by atoms with Gasteiger partial charge in [-0.2, -0.15) is 0 Å². The predicted molar refractivity (Wildman–Crippen MR) is 122 cm³/mol. The summed E-state index contributed by atoms with van der Waals surface area (Å²) in [5, 5.41) is 3.38. The van der Waals surface area contributed by atoms with Gasteiger partial charge in [-0.3, -0.25) is 4.79 Å². The van der Waals surface area contributed by atoms with Crippen LogP contribution in [0.2, 0.25) is 0 Å². The molecule has 0 aliphatic rings. The number of carbonyl (C=O) groups excluding carboxylic acids is 1. The standard InChI is InChI=1S/C24H19FN2O5S/c1-31-22-13-16(25)10-11-21(22)32-24-19(12-15-6-3-4-9-20(15)27-24)23(28)26-17-7-5-8-18(14-17)33(2,29)30/h3-14H,1-2H3,(H,26,28). The first-order valence-electron chi connectivity index (χ1n) is 9.77. The molecule has 1 N–H and O–H groups in total. The van der Waals surface area contributed by atoms with E-state index in [1.165, 1.54) is 37.4 Å². The van der Waals surface area contributed by atoms with Crippen molar-refractivity contribution in [2.24, 2.45) is 0 Å². The number of amides is 1. The Morgan fingerprint density at radius 2 is 1.76 bits per heavy atom. The summed E-state index contributed by atoms with van der Waals surface area (Å²) in [5.74, 6) is -0.772. The van der Waals surface area contributed by atoms with Crippen LogP contribution in [-0.4, -0.2) is 32.7 Å². The van der Waals surface area contributed by atoms with E-state index in [1.54, 1.807) is 30.3 Å². The maximum absolute atomic E-state index is 13.6. The summed E-state index contributed by atoms with van der Waals surface area (Å²) in [6.07, 6.45) is 1.09. The van der Waals surface area contributed by atoms with Crippen LogP contribution in [0.25, 0.3) is 10.9 Å². The van der Waals surface area contributed by atoms with Gasteiger partial charge in [0.1, 0.15) is 11.4 Å². The second-order valence-electron chi connectivity index (χ2n) is 7.19. The zero-order chi connectivity index (χ0) is 23.6. The van der Waals surface area contributed by atoms with Gasteiger partial charge in [0, 0.05) is 23.4 Å². The minimum atomic E-state index is -3.45. The molecule has 0 unspecified atom stereocenters. The van der Waals surface area contributed by atoms with E-state index in [2.05, 4.69) is 10.3 Å². The number of benzene rings is 3. The van der Waals surface area contributed by atoms with Crippen molar-refractivity contribution in [3.8, 4) is 17.4 Å². The van der Waals surface area contributed by atoms with Gasteiger partial charge in [0.2, 0.25) is 5.88 Å². The first kappa shape index (κ1) is 22.2. The van der Waals surface area contributed by atoms with E-state index >= 15 is 0 Å². The average Bonchev–Trinajstić information content (AvgIpc) is 2.79. The van der Waals surface area contributed by atoms with Crippen LogP contribution in [0.4, 0.5) is 10.1 Å². The number of pyridine rings is 1. The van der Waals surface area contributed by atoms with Crippen molar-refractivity contribution in [3.63, 3.8) is 0 Å². The molecule has 4 rings (SSSR count). The maximum Gasteiger partial charge on any atom is 0.261 e. The molecule has 0 spiro atoms. The van der Waals surface area contributed by atoms with Crippen molar-refractivity contribution in [3.05, 3.63) is 84.2 Å². The van der Waals surface area contributed by atoms with E-state index in [0.717, 1.165) is 12.3 Å². The Bertz CT molecular complexity index is 1470. The smallest absolute Gasteiger partial charge is 0.261 e. The van der Waals surface area contributed by atoms with Gasteiger partial charge in [0.05, 0.1) is 17.5 Å². The number of hydrogen-bond acceptors (Lipinski definition) is 6. The van der Waals surface area contributed by atoms with Crippen LogP contribution in [-0.2, 0) is 9.84 Å². The highest BCUT2D eigenvalue weighted by molar-refractivity contribution is 7.90. The summed E-state index contributed by atoms with van der Waals surface area (Å²) in [4.78, 5) is 17.7. The van der Waals surface area contributed by atoms with E-state index < -0.39 is 21.6 Å². The number of fused-ring (bicyclic) bond motifs is 1. The fourth-order valence-corrected chi connectivity index (χ4v) is 3.84.